The second-order valence-corrected chi connectivity index (χ2v) is 7.59. The molecule has 1 N–H and O–H groups in total. The number of ether oxygens (including phenoxy) is 1. The highest BCUT2D eigenvalue weighted by atomic mass is 16.5. The van der Waals surface area contributed by atoms with E-state index in [0.29, 0.717) is 18.3 Å². The van der Waals surface area contributed by atoms with Crippen molar-refractivity contribution in [1.82, 2.24) is 0 Å². The fraction of sp³-hybridized carbons (Fsp3) is 0.650. The predicted octanol–water partition coefficient (Wildman–Crippen LogP) is 4.33. The van der Waals surface area contributed by atoms with Crippen LogP contribution < -0.4 is 0 Å². The lowest BCUT2D eigenvalue weighted by molar-refractivity contribution is -0.139. The van der Waals surface area contributed by atoms with E-state index in [9.17, 15) is 9.90 Å². The molecule has 1 heterocycles. The van der Waals surface area contributed by atoms with Crippen LogP contribution in [0.3, 0.4) is 0 Å². The van der Waals surface area contributed by atoms with E-state index < -0.39 is 5.60 Å². The molecular formula is C20H30O3. The van der Waals surface area contributed by atoms with E-state index in [1.54, 1.807) is 0 Å². The first kappa shape index (κ1) is 18.0. The highest BCUT2D eigenvalue weighted by Crippen LogP contribution is 2.29. The Kier molecular flexibility index (Phi) is 5.85. The van der Waals surface area contributed by atoms with Crippen LogP contribution in [0.5, 0.6) is 0 Å². The van der Waals surface area contributed by atoms with Crippen LogP contribution in [0.4, 0.5) is 0 Å². The highest BCUT2D eigenvalue weighted by Gasteiger charge is 2.26. The standard InChI is InChI=1S/C20H30O3/c1-14(2)16-7-8-17-13-18(23-19(17)21)12-15(3)6-5-10-20(4,22)11-9-16/h6,9,11,13-14,16,18,22H,5,7-8,10,12H2,1-4H3/b11-9+,15-6+/t16-,18+,20-/m1/s1. The first-order valence-corrected chi connectivity index (χ1v) is 8.76. The fourth-order valence-electron chi connectivity index (χ4n) is 3.23. The summed E-state index contributed by atoms with van der Waals surface area (Å²) in [5, 5.41) is 10.5. The number of allylic oxidation sites excluding steroid dienone is 2. The first-order valence-electron chi connectivity index (χ1n) is 8.76. The highest BCUT2D eigenvalue weighted by molar-refractivity contribution is 5.90. The van der Waals surface area contributed by atoms with Crippen LogP contribution in [0.1, 0.15) is 59.8 Å². The summed E-state index contributed by atoms with van der Waals surface area (Å²) in [5.41, 5.74) is 1.24. The summed E-state index contributed by atoms with van der Waals surface area (Å²) in [6, 6.07) is 0. The van der Waals surface area contributed by atoms with Gasteiger partial charge in [0.05, 0.1) is 5.60 Å². The maximum atomic E-state index is 12.0. The van der Waals surface area contributed by atoms with Gasteiger partial charge in [0.2, 0.25) is 0 Å². The zero-order valence-electron chi connectivity index (χ0n) is 14.8. The molecule has 3 atom stereocenters. The third kappa shape index (κ3) is 5.35. The Morgan fingerprint density at radius 2 is 2.13 bits per heavy atom. The van der Waals surface area contributed by atoms with Gasteiger partial charge in [-0.1, -0.05) is 37.6 Å². The van der Waals surface area contributed by atoms with Gasteiger partial charge in [0.15, 0.2) is 0 Å². The van der Waals surface area contributed by atoms with Gasteiger partial charge in [0.1, 0.15) is 6.10 Å². The number of hydrogen-bond donors (Lipinski definition) is 1. The first-order chi connectivity index (χ1) is 10.8. The Bertz CT molecular complexity index is 523. The molecule has 0 radical (unpaired) electrons. The Hall–Kier alpha value is -1.35. The van der Waals surface area contributed by atoms with Gasteiger partial charge < -0.3 is 9.84 Å². The molecule has 1 aliphatic heterocycles. The summed E-state index contributed by atoms with van der Waals surface area (Å²) in [5.74, 6) is 0.677. The Labute approximate surface area is 140 Å². The van der Waals surface area contributed by atoms with E-state index in [1.807, 2.05) is 19.1 Å². The van der Waals surface area contributed by atoms with Crippen LogP contribution in [-0.2, 0) is 9.53 Å². The number of rotatable bonds is 1. The van der Waals surface area contributed by atoms with Gasteiger partial charge in [0.25, 0.3) is 0 Å². The molecule has 2 aliphatic rings. The van der Waals surface area contributed by atoms with Gasteiger partial charge in [-0.05, 0) is 57.4 Å². The van der Waals surface area contributed by atoms with Crippen molar-refractivity contribution in [3.05, 3.63) is 35.5 Å². The second-order valence-electron chi connectivity index (χ2n) is 7.59. The Morgan fingerprint density at radius 3 is 2.83 bits per heavy atom. The molecule has 2 bridgehead atoms. The summed E-state index contributed by atoms with van der Waals surface area (Å²) >= 11 is 0. The number of carbonyl (C=O) groups excluding carboxylic acids is 1. The minimum Gasteiger partial charge on any atom is -0.454 e. The molecule has 0 amide bonds. The summed E-state index contributed by atoms with van der Waals surface area (Å²) in [6.45, 7) is 8.30. The largest absolute Gasteiger partial charge is 0.454 e. The molecule has 0 aromatic carbocycles. The number of carbonyl (C=O) groups is 1. The maximum Gasteiger partial charge on any atom is 0.334 e. The van der Waals surface area contributed by atoms with Crippen LogP contribution in [0, 0.1) is 11.8 Å². The average Bonchev–Trinajstić information content (AvgIpc) is 2.77. The third-order valence-electron chi connectivity index (χ3n) is 4.88. The normalized spacial score (nSPS) is 36.7. The van der Waals surface area contributed by atoms with Crippen LogP contribution in [0.15, 0.2) is 35.5 Å². The Morgan fingerprint density at radius 1 is 1.39 bits per heavy atom. The fourth-order valence-corrected chi connectivity index (χ4v) is 3.23. The molecule has 0 fully saturated rings. The van der Waals surface area contributed by atoms with Crippen molar-refractivity contribution in [2.75, 3.05) is 0 Å². The predicted molar refractivity (Wildman–Crippen MR) is 92.9 cm³/mol. The van der Waals surface area contributed by atoms with Gasteiger partial charge in [-0.25, -0.2) is 4.79 Å². The van der Waals surface area contributed by atoms with Gasteiger partial charge >= 0.3 is 5.97 Å². The van der Waals surface area contributed by atoms with Gasteiger partial charge in [-0.3, -0.25) is 0 Å². The number of esters is 1. The van der Waals surface area contributed by atoms with Crippen molar-refractivity contribution in [2.45, 2.75) is 71.5 Å². The Balaban J connectivity index is 2.22. The van der Waals surface area contributed by atoms with Gasteiger partial charge in [0, 0.05) is 12.0 Å². The summed E-state index contributed by atoms with van der Waals surface area (Å²) in [7, 11) is 0. The molecule has 0 saturated heterocycles. The van der Waals surface area contributed by atoms with Crippen molar-refractivity contribution in [2.24, 2.45) is 11.8 Å². The van der Waals surface area contributed by atoms with Gasteiger partial charge in [-0.15, -0.1) is 0 Å². The zero-order valence-corrected chi connectivity index (χ0v) is 14.8. The summed E-state index contributed by atoms with van der Waals surface area (Å²) in [4.78, 5) is 12.0. The molecule has 0 spiro atoms. The lowest BCUT2D eigenvalue weighted by Crippen LogP contribution is -2.21. The SMILES string of the molecule is C/C1=C\CC[C@@](C)(O)/C=C/[C@H](C(C)C)CCC2=C[C@H](C1)OC2=O. The molecule has 0 unspecified atom stereocenters. The molecule has 0 aromatic heterocycles. The van der Waals surface area contributed by atoms with E-state index in [4.69, 9.17) is 4.74 Å². The topological polar surface area (TPSA) is 46.5 Å². The van der Waals surface area contributed by atoms with E-state index in [2.05, 4.69) is 32.9 Å². The van der Waals surface area contributed by atoms with E-state index in [0.717, 1.165) is 31.3 Å². The van der Waals surface area contributed by atoms with E-state index in [-0.39, 0.29) is 12.1 Å². The molecule has 2 rings (SSSR count). The summed E-state index contributed by atoms with van der Waals surface area (Å²) < 4.78 is 5.47. The minimum atomic E-state index is -0.779. The lowest BCUT2D eigenvalue weighted by atomic mass is 9.87. The van der Waals surface area contributed by atoms with E-state index >= 15 is 0 Å². The molecule has 0 aromatic rings. The maximum absolute atomic E-state index is 12.0. The number of aliphatic hydroxyl groups is 1. The average molecular weight is 318 g/mol. The zero-order chi connectivity index (χ0) is 17.0. The van der Waals surface area contributed by atoms with Crippen molar-refractivity contribution < 1.29 is 14.6 Å². The lowest BCUT2D eigenvalue weighted by Gasteiger charge is -2.22. The van der Waals surface area contributed by atoms with Crippen LogP contribution in [0.25, 0.3) is 0 Å². The number of hydrogen-bond acceptors (Lipinski definition) is 3. The van der Waals surface area contributed by atoms with Gasteiger partial charge in [-0.2, -0.15) is 0 Å². The second kappa shape index (κ2) is 7.48. The molecule has 23 heavy (non-hydrogen) atoms. The summed E-state index contributed by atoms with van der Waals surface area (Å²) in [6.07, 6.45) is 12.0. The quantitative estimate of drug-likeness (QED) is 0.578. The molecule has 0 saturated carbocycles. The van der Waals surface area contributed by atoms with Crippen molar-refractivity contribution in [3.63, 3.8) is 0 Å². The van der Waals surface area contributed by atoms with Crippen LogP contribution in [0.2, 0.25) is 0 Å². The third-order valence-corrected chi connectivity index (χ3v) is 4.88. The smallest absolute Gasteiger partial charge is 0.334 e. The van der Waals surface area contributed by atoms with Crippen molar-refractivity contribution >= 4 is 5.97 Å². The van der Waals surface area contributed by atoms with E-state index in [1.165, 1.54) is 5.57 Å². The molecule has 3 nitrogen and oxygen atoms in total. The monoisotopic (exact) mass is 318 g/mol. The number of fused-ring (bicyclic) bond motifs is 1. The van der Waals surface area contributed by atoms with Crippen molar-refractivity contribution in [1.29, 1.82) is 0 Å². The molecule has 128 valence electrons. The molecule has 3 heteroatoms. The minimum absolute atomic E-state index is 0.120. The van der Waals surface area contributed by atoms with Crippen LogP contribution in [-0.4, -0.2) is 22.8 Å². The van der Waals surface area contributed by atoms with Crippen molar-refractivity contribution in [3.8, 4) is 0 Å². The molecular weight excluding hydrogens is 288 g/mol. The van der Waals surface area contributed by atoms with Crippen LogP contribution >= 0.6 is 0 Å². The molecule has 1 aliphatic carbocycles.